The summed E-state index contributed by atoms with van der Waals surface area (Å²) in [4.78, 5) is 0. The average molecular weight is 308 g/mol. The van der Waals surface area contributed by atoms with Gasteiger partial charge in [0.2, 0.25) is 0 Å². The molecule has 118 valence electrons. The van der Waals surface area contributed by atoms with Gasteiger partial charge in [-0.15, -0.1) is 0 Å². The second kappa shape index (κ2) is 6.86. The van der Waals surface area contributed by atoms with Crippen molar-refractivity contribution in [2.24, 2.45) is 0 Å². The zero-order valence-corrected chi connectivity index (χ0v) is 12.4. The summed E-state index contributed by atoms with van der Waals surface area (Å²) >= 11 is 0. The number of rotatable bonds is 5. The molecule has 0 spiro atoms. The molecule has 1 N–H and O–H groups in total. The van der Waals surface area contributed by atoms with Gasteiger partial charge in [-0.25, -0.2) is 0 Å². The fraction of sp³-hybridized carbons (Fsp3) is 0.333. The Bertz CT molecular complexity index is 605. The van der Waals surface area contributed by atoms with Crippen LogP contribution in [-0.4, -0.2) is 5.11 Å². The maximum absolute atomic E-state index is 12.7. The number of phenols is 1. The lowest BCUT2D eigenvalue weighted by atomic mass is 9.94. The van der Waals surface area contributed by atoms with E-state index in [9.17, 15) is 18.3 Å². The predicted octanol–water partition coefficient (Wildman–Crippen LogP) is 5.54. The third-order valence-electron chi connectivity index (χ3n) is 3.86. The van der Waals surface area contributed by atoms with Crippen molar-refractivity contribution < 1.29 is 18.3 Å². The summed E-state index contributed by atoms with van der Waals surface area (Å²) in [7, 11) is 0. The zero-order chi connectivity index (χ0) is 16.2. The first-order valence-electron chi connectivity index (χ1n) is 7.32. The van der Waals surface area contributed by atoms with E-state index in [-0.39, 0.29) is 5.75 Å². The van der Waals surface area contributed by atoms with Crippen LogP contribution in [0.4, 0.5) is 13.2 Å². The van der Waals surface area contributed by atoms with E-state index in [4.69, 9.17) is 0 Å². The molecule has 2 aromatic carbocycles. The highest BCUT2D eigenvalue weighted by atomic mass is 19.4. The molecule has 0 amide bonds. The molecule has 2 aromatic rings. The van der Waals surface area contributed by atoms with E-state index in [1.807, 2.05) is 30.3 Å². The Morgan fingerprint density at radius 2 is 1.73 bits per heavy atom. The third-order valence-corrected chi connectivity index (χ3v) is 3.86. The van der Waals surface area contributed by atoms with Gasteiger partial charge in [-0.3, -0.25) is 0 Å². The predicted molar refractivity (Wildman–Crippen MR) is 80.9 cm³/mol. The van der Waals surface area contributed by atoms with Crippen molar-refractivity contribution in [2.45, 2.75) is 38.3 Å². The van der Waals surface area contributed by atoms with Crippen molar-refractivity contribution in [1.82, 2.24) is 0 Å². The van der Waals surface area contributed by atoms with Crippen molar-refractivity contribution in [3.05, 3.63) is 65.2 Å². The number of benzene rings is 2. The fourth-order valence-corrected chi connectivity index (χ4v) is 2.51. The first-order valence-corrected chi connectivity index (χ1v) is 7.32. The minimum atomic E-state index is -4.38. The average Bonchev–Trinajstić information content (AvgIpc) is 2.48. The molecule has 0 saturated carbocycles. The Kier molecular flexibility index (Phi) is 5.11. The van der Waals surface area contributed by atoms with Crippen molar-refractivity contribution in [3.8, 4) is 5.75 Å². The van der Waals surface area contributed by atoms with Crippen LogP contribution in [-0.2, 0) is 12.6 Å². The molecular formula is C18H19F3O. The van der Waals surface area contributed by atoms with Crippen LogP contribution in [0.25, 0.3) is 0 Å². The third kappa shape index (κ3) is 4.26. The van der Waals surface area contributed by atoms with E-state index < -0.39 is 11.7 Å². The minimum absolute atomic E-state index is 0.0691. The van der Waals surface area contributed by atoms with E-state index in [2.05, 4.69) is 6.92 Å². The molecule has 1 unspecified atom stereocenters. The molecule has 1 nitrogen and oxygen atoms in total. The molecule has 0 heterocycles. The molecule has 0 aliphatic rings. The largest absolute Gasteiger partial charge is 0.508 e. The second-order valence-electron chi connectivity index (χ2n) is 5.55. The fourth-order valence-electron chi connectivity index (χ4n) is 2.51. The van der Waals surface area contributed by atoms with Crippen molar-refractivity contribution in [2.75, 3.05) is 0 Å². The number of hydrogen-bond donors (Lipinski definition) is 1. The van der Waals surface area contributed by atoms with Gasteiger partial charge < -0.3 is 5.11 Å². The minimum Gasteiger partial charge on any atom is -0.508 e. The molecule has 22 heavy (non-hydrogen) atoms. The van der Waals surface area contributed by atoms with Crippen molar-refractivity contribution >= 4 is 0 Å². The van der Waals surface area contributed by atoms with Crippen molar-refractivity contribution in [3.63, 3.8) is 0 Å². The Balaban J connectivity index is 1.97. The highest BCUT2D eigenvalue weighted by Gasteiger charge is 2.30. The Hall–Kier alpha value is -1.97. The number of aromatic hydroxyl groups is 1. The van der Waals surface area contributed by atoms with Gasteiger partial charge >= 0.3 is 6.18 Å². The van der Waals surface area contributed by atoms with E-state index in [0.717, 1.165) is 31.0 Å². The highest BCUT2D eigenvalue weighted by Crippen LogP contribution is 2.33. The van der Waals surface area contributed by atoms with Gasteiger partial charge in [-0.1, -0.05) is 37.3 Å². The van der Waals surface area contributed by atoms with E-state index in [1.165, 1.54) is 5.56 Å². The zero-order valence-electron chi connectivity index (χ0n) is 12.4. The van der Waals surface area contributed by atoms with Crippen LogP contribution < -0.4 is 0 Å². The standard InChI is InChI=1S/C18H19F3O/c1-13(14-7-3-2-4-8-14)6-5-9-15-12-16(18(19,20)21)10-11-17(15)22/h2-4,7-8,10-13,22H,5-6,9H2,1H3. The lowest BCUT2D eigenvalue weighted by Crippen LogP contribution is -2.05. The summed E-state index contributed by atoms with van der Waals surface area (Å²) in [6.45, 7) is 2.10. The molecule has 1 atom stereocenters. The molecule has 4 heteroatoms. The van der Waals surface area contributed by atoms with E-state index in [1.54, 1.807) is 0 Å². The van der Waals surface area contributed by atoms with Gasteiger partial charge in [0.15, 0.2) is 0 Å². The Morgan fingerprint density at radius 1 is 1.05 bits per heavy atom. The molecule has 0 aromatic heterocycles. The lowest BCUT2D eigenvalue weighted by Gasteiger charge is -2.13. The molecular weight excluding hydrogens is 289 g/mol. The second-order valence-corrected chi connectivity index (χ2v) is 5.55. The first-order chi connectivity index (χ1) is 10.4. The lowest BCUT2D eigenvalue weighted by molar-refractivity contribution is -0.137. The number of alkyl halides is 3. The normalized spacial score (nSPS) is 13.1. The van der Waals surface area contributed by atoms with E-state index in [0.29, 0.717) is 17.9 Å². The maximum Gasteiger partial charge on any atom is 0.416 e. The molecule has 0 aliphatic carbocycles. The number of phenolic OH excluding ortho intramolecular Hbond substituents is 1. The van der Waals surface area contributed by atoms with Gasteiger partial charge in [-0.05, 0) is 54.5 Å². The van der Waals surface area contributed by atoms with Crippen LogP contribution in [0.3, 0.4) is 0 Å². The van der Waals surface area contributed by atoms with Crippen LogP contribution in [0.1, 0.15) is 42.4 Å². The summed E-state index contributed by atoms with van der Waals surface area (Å²) in [5.41, 5.74) is 0.863. The quantitative estimate of drug-likeness (QED) is 0.769. The summed E-state index contributed by atoms with van der Waals surface area (Å²) < 4.78 is 38.1. The molecule has 0 aliphatic heterocycles. The summed E-state index contributed by atoms with van der Waals surface area (Å²) in [5, 5.41) is 9.72. The molecule has 0 bridgehead atoms. The summed E-state index contributed by atoms with van der Waals surface area (Å²) in [6, 6.07) is 13.1. The summed E-state index contributed by atoms with van der Waals surface area (Å²) in [6.07, 6.45) is -2.35. The van der Waals surface area contributed by atoms with Gasteiger partial charge in [0, 0.05) is 0 Å². The van der Waals surface area contributed by atoms with Crippen molar-refractivity contribution in [1.29, 1.82) is 0 Å². The van der Waals surface area contributed by atoms with Crippen LogP contribution in [0.2, 0.25) is 0 Å². The highest BCUT2D eigenvalue weighted by molar-refractivity contribution is 5.37. The Morgan fingerprint density at radius 3 is 2.36 bits per heavy atom. The van der Waals surface area contributed by atoms with Gasteiger partial charge in [0.05, 0.1) is 5.56 Å². The molecule has 0 saturated heterocycles. The molecule has 0 fully saturated rings. The molecule has 0 radical (unpaired) electrons. The number of halogens is 3. The summed E-state index contributed by atoms with van der Waals surface area (Å²) in [5.74, 6) is 0.273. The number of aryl methyl sites for hydroxylation is 1. The van der Waals surface area contributed by atoms with Crippen LogP contribution in [0, 0.1) is 0 Å². The van der Waals surface area contributed by atoms with Gasteiger partial charge in [0.1, 0.15) is 5.75 Å². The van der Waals surface area contributed by atoms with Crippen LogP contribution >= 0.6 is 0 Å². The maximum atomic E-state index is 12.7. The Labute approximate surface area is 128 Å². The monoisotopic (exact) mass is 308 g/mol. The van der Waals surface area contributed by atoms with Gasteiger partial charge in [-0.2, -0.15) is 13.2 Å². The number of hydrogen-bond acceptors (Lipinski definition) is 1. The van der Waals surface area contributed by atoms with Crippen LogP contribution in [0.15, 0.2) is 48.5 Å². The van der Waals surface area contributed by atoms with E-state index >= 15 is 0 Å². The van der Waals surface area contributed by atoms with Gasteiger partial charge in [0.25, 0.3) is 0 Å². The SMILES string of the molecule is CC(CCCc1cc(C(F)(F)F)ccc1O)c1ccccc1. The first kappa shape index (κ1) is 16.4. The smallest absolute Gasteiger partial charge is 0.416 e. The topological polar surface area (TPSA) is 20.2 Å². The van der Waals surface area contributed by atoms with Crippen LogP contribution in [0.5, 0.6) is 5.75 Å². The molecule has 2 rings (SSSR count).